The summed E-state index contributed by atoms with van der Waals surface area (Å²) in [6, 6.07) is 5.67. The lowest BCUT2D eigenvalue weighted by molar-refractivity contribution is 0.422. The van der Waals surface area contributed by atoms with Crippen LogP contribution in [0, 0.1) is 0 Å². The maximum Gasteiger partial charge on any atom is 0.266 e. The van der Waals surface area contributed by atoms with Crippen LogP contribution in [0.3, 0.4) is 0 Å². The van der Waals surface area contributed by atoms with Gasteiger partial charge in [0.05, 0.1) is 6.04 Å². The fourth-order valence-electron chi connectivity index (χ4n) is 1.45. The largest absolute Gasteiger partial charge is 0.418 e. The quantitative estimate of drug-likeness (QED) is 0.856. The first-order chi connectivity index (χ1) is 8.31. The summed E-state index contributed by atoms with van der Waals surface area (Å²) in [5, 5.41) is 11.3. The summed E-state index contributed by atoms with van der Waals surface area (Å²) in [6.45, 7) is 5.06. The van der Waals surface area contributed by atoms with Crippen molar-refractivity contribution in [2.75, 3.05) is 6.54 Å². The second kappa shape index (κ2) is 5.54. The molecule has 1 atom stereocenters. The van der Waals surface area contributed by atoms with Gasteiger partial charge in [-0.15, -0.1) is 10.2 Å². The van der Waals surface area contributed by atoms with Crippen molar-refractivity contribution in [3.63, 3.8) is 0 Å². The molecule has 2 rings (SSSR count). The average Bonchev–Trinajstić information content (AvgIpc) is 2.86. The van der Waals surface area contributed by atoms with E-state index in [-0.39, 0.29) is 6.04 Å². The second-order valence-corrected chi connectivity index (χ2v) is 3.84. The Morgan fingerprint density at radius 2 is 2.24 bits per heavy atom. The summed E-state index contributed by atoms with van der Waals surface area (Å²) in [7, 11) is 0. The third-order valence-corrected chi connectivity index (χ3v) is 2.40. The maximum atomic E-state index is 5.58. The molecule has 0 fully saturated rings. The molecule has 1 N–H and O–H groups in total. The van der Waals surface area contributed by atoms with Crippen molar-refractivity contribution < 1.29 is 4.42 Å². The monoisotopic (exact) mass is 232 g/mol. The fourth-order valence-corrected chi connectivity index (χ4v) is 1.45. The van der Waals surface area contributed by atoms with Gasteiger partial charge in [-0.05, 0) is 32.0 Å². The molecule has 0 saturated heterocycles. The summed E-state index contributed by atoms with van der Waals surface area (Å²) in [5.74, 6) is 1.06. The molecule has 0 aliphatic rings. The summed E-state index contributed by atoms with van der Waals surface area (Å²) in [6.07, 6.45) is 2.78. The van der Waals surface area contributed by atoms with Crippen molar-refractivity contribution in [2.45, 2.75) is 26.3 Å². The van der Waals surface area contributed by atoms with Gasteiger partial charge in [0, 0.05) is 6.20 Å². The van der Waals surface area contributed by atoms with Gasteiger partial charge in [0.1, 0.15) is 5.69 Å². The molecule has 0 aliphatic carbocycles. The molecule has 90 valence electrons. The van der Waals surface area contributed by atoms with Gasteiger partial charge in [0.15, 0.2) is 0 Å². The molecule has 2 heterocycles. The second-order valence-electron chi connectivity index (χ2n) is 3.84. The zero-order chi connectivity index (χ0) is 12.1. The Morgan fingerprint density at radius 1 is 1.35 bits per heavy atom. The average molecular weight is 232 g/mol. The summed E-state index contributed by atoms with van der Waals surface area (Å²) >= 11 is 0. The van der Waals surface area contributed by atoms with Crippen LogP contribution in [-0.2, 0) is 0 Å². The van der Waals surface area contributed by atoms with Crippen LogP contribution in [0.4, 0.5) is 0 Å². The summed E-state index contributed by atoms with van der Waals surface area (Å²) in [4.78, 5) is 4.17. The molecule has 17 heavy (non-hydrogen) atoms. The highest BCUT2D eigenvalue weighted by Gasteiger charge is 2.14. The lowest BCUT2D eigenvalue weighted by Gasteiger charge is -2.07. The van der Waals surface area contributed by atoms with Crippen molar-refractivity contribution in [3.05, 3.63) is 30.3 Å². The predicted molar refractivity (Wildman–Crippen MR) is 64.2 cm³/mol. The SMILES string of the molecule is CCCNC(C)c1nnc(-c2ccccn2)o1. The fraction of sp³-hybridized carbons (Fsp3) is 0.417. The first-order valence-electron chi connectivity index (χ1n) is 5.79. The van der Waals surface area contributed by atoms with Gasteiger partial charge in [0.25, 0.3) is 5.89 Å². The molecule has 1 unspecified atom stereocenters. The van der Waals surface area contributed by atoms with E-state index < -0.39 is 0 Å². The third kappa shape index (κ3) is 2.88. The minimum atomic E-state index is 0.0694. The van der Waals surface area contributed by atoms with Crippen LogP contribution in [0.25, 0.3) is 11.6 Å². The van der Waals surface area contributed by atoms with E-state index in [1.165, 1.54) is 0 Å². The minimum Gasteiger partial charge on any atom is -0.418 e. The van der Waals surface area contributed by atoms with Crippen molar-refractivity contribution in [1.82, 2.24) is 20.5 Å². The molecule has 0 aromatic carbocycles. The zero-order valence-corrected chi connectivity index (χ0v) is 10.1. The van der Waals surface area contributed by atoms with Crippen LogP contribution in [-0.4, -0.2) is 21.7 Å². The van der Waals surface area contributed by atoms with Gasteiger partial charge in [-0.3, -0.25) is 4.98 Å². The summed E-state index contributed by atoms with van der Waals surface area (Å²) in [5.41, 5.74) is 0.703. The topological polar surface area (TPSA) is 63.8 Å². The van der Waals surface area contributed by atoms with Crippen LogP contribution in [0.5, 0.6) is 0 Å². The molecule has 2 aromatic heterocycles. The standard InChI is InChI=1S/C12H16N4O/c1-3-7-13-9(2)11-15-16-12(17-11)10-6-4-5-8-14-10/h4-6,8-9,13H,3,7H2,1-2H3. The van der Waals surface area contributed by atoms with Gasteiger partial charge in [0.2, 0.25) is 5.89 Å². The van der Waals surface area contributed by atoms with E-state index in [9.17, 15) is 0 Å². The molecule has 0 aliphatic heterocycles. The molecule has 0 amide bonds. The third-order valence-electron chi connectivity index (χ3n) is 2.40. The molecular weight excluding hydrogens is 216 g/mol. The number of nitrogens with zero attached hydrogens (tertiary/aromatic N) is 3. The molecule has 0 bridgehead atoms. The van der Waals surface area contributed by atoms with Crippen molar-refractivity contribution in [2.24, 2.45) is 0 Å². The van der Waals surface area contributed by atoms with E-state index in [1.807, 2.05) is 25.1 Å². The number of pyridine rings is 1. The Balaban J connectivity index is 2.11. The molecule has 2 aromatic rings. The lowest BCUT2D eigenvalue weighted by Crippen LogP contribution is -2.19. The molecule has 0 spiro atoms. The summed E-state index contributed by atoms with van der Waals surface area (Å²) < 4.78 is 5.58. The zero-order valence-electron chi connectivity index (χ0n) is 10.1. The van der Waals surface area contributed by atoms with Crippen LogP contribution in [0.15, 0.2) is 28.8 Å². The molecular formula is C12H16N4O. The van der Waals surface area contributed by atoms with Gasteiger partial charge in [-0.25, -0.2) is 0 Å². The highest BCUT2D eigenvalue weighted by Crippen LogP contribution is 2.17. The van der Waals surface area contributed by atoms with Gasteiger partial charge in [-0.1, -0.05) is 13.0 Å². The first kappa shape index (κ1) is 11.7. The highest BCUT2D eigenvalue weighted by molar-refractivity contribution is 5.44. The number of aromatic nitrogens is 3. The number of nitrogens with one attached hydrogen (secondary N) is 1. The Kier molecular flexibility index (Phi) is 3.82. The smallest absolute Gasteiger partial charge is 0.266 e. The van der Waals surface area contributed by atoms with Crippen LogP contribution >= 0.6 is 0 Å². The van der Waals surface area contributed by atoms with Crippen molar-refractivity contribution in [3.8, 4) is 11.6 Å². The number of hydrogen-bond acceptors (Lipinski definition) is 5. The Labute approximate surface area is 100 Å². The van der Waals surface area contributed by atoms with Crippen LogP contribution in [0.1, 0.15) is 32.2 Å². The normalized spacial score (nSPS) is 12.6. The number of hydrogen-bond donors (Lipinski definition) is 1. The van der Waals surface area contributed by atoms with Crippen molar-refractivity contribution in [1.29, 1.82) is 0 Å². The Morgan fingerprint density at radius 3 is 2.94 bits per heavy atom. The van der Waals surface area contributed by atoms with E-state index in [2.05, 4.69) is 27.4 Å². The van der Waals surface area contributed by atoms with Gasteiger partial charge in [-0.2, -0.15) is 0 Å². The Bertz CT molecular complexity index is 455. The van der Waals surface area contributed by atoms with E-state index in [1.54, 1.807) is 6.20 Å². The highest BCUT2D eigenvalue weighted by atomic mass is 16.4. The first-order valence-corrected chi connectivity index (χ1v) is 5.79. The maximum absolute atomic E-state index is 5.58. The Hall–Kier alpha value is -1.75. The number of rotatable bonds is 5. The van der Waals surface area contributed by atoms with Crippen LogP contribution in [0.2, 0.25) is 0 Å². The van der Waals surface area contributed by atoms with E-state index >= 15 is 0 Å². The molecule has 0 radical (unpaired) electrons. The van der Waals surface area contributed by atoms with E-state index in [0.717, 1.165) is 13.0 Å². The minimum absolute atomic E-state index is 0.0694. The van der Waals surface area contributed by atoms with E-state index in [4.69, 9.17) is 4.42 Å². The van der Waals surface area contributed by atoms with Crippen molar-refractivity contribution >= 4 is 0 Å². The predicted octanol–water partition coefficient (Wildman–Crippen LogP) is 2.19. The van der Waals surface area contributed by atoms with Gasteiger partial charge < -0.3 is 9.73 Å². The molecule has 5 nitrogen and oxygen atoms in total. The van der Waals surface area contributed by atoms with E-state index in [0.29, 0.717) is 17.5 Å². The van der Waals surface area contributed by atoms with Crippen LogP contribution < -0.4 is 5.32 Å². The molecule has 5 heteroatoms. The lowest BCUT2D eigenvalue weighted by atomic mass is 10.3. The molecule has 0 saturated carbocycles. The van der Waals surface area contributed by atoms with Gasteiger partial charge >= 0.3 is 0 Å².